The number of Topliss-reactive ketones (excluding diaryl/α,β-unsaturated/α-hetero) is 1. The van der Waals surface area contributed by atoms with Gasteiger partial charge in [-0.05, 0) is 35.7 Å². The highest BCUT2D eigenvalue weighted by Gasteiger charge is 2.24. The highest BCUT2D eigenvalue weighted by molar-refractivity contribution is 6.03. The van der Waals surface area contributed by atoms with Crippen LogP contribution in [0.25, 0.3) is 0 Å². The monoisotopic (exact) mass is 295 g/mol. The average Bonchev–Trinajstić information content (AvgIpc) is 2.53. The number of hydrogen-bond donors (Lipinski definition) is 1. The van der Waals surface area contributed by atoms with Gasteiger partial charge in [-0.15, -0.1) is 0 Å². The third-order valence-corrected chi connectivity index (χ3v) is 3.81. The third-order valence-electron chi connectivity index (χ3n) is 3.81. The molecule has 0 saturated carbocycles. The van der Waals surface area contributed by atoms with Gasteiger partial charge in [0.25, 0.3) is 0 Å². The number of ketones is 1. The van der Waals surface area contributed by atoms with Crippen molar-refractivity contribution in [2.24, 2.45) is 5.92 Å². The van der Waals surface area contributed by atoms with E-state index in [4.69, 9.17) is 4.74 Å². The van der Waals surface area contributed by atoms with Crippen LogP contribution < -0.4 is 10.1 Å². The maximum atomic E-state index is 12.2. The third kappa shape index (κ3) is 3.14. The first-order valence-electron chi connectivity index (χ1n) is 7.75. The van der Waals surface area contributed by atoms with E-state index < -0.39 is 0 Å². The van der Waals surface area contributed by atoms with Crippen LogP contribution in [0.4, 0.5) is 5.69 Å². The number of nitrogens with one attached hydrogen (secondary N) is 1. The summed E-state index contributed by atoms with van der Waals surface area (Å²) < 4.78 is 5.70. The molecule has 0 saturated heterocycles. The van der Waals surface area contributed by atoms with Gasteiger partial charge in [-0.3, -0.25) is 4.79 Å². The minimum Gasteiger partial charge on any atom is -0.493 e. The van der Waals surface area contributed by atoms with Crippen molar-refractivity contribution in [2.75, 3.05) is 11.9 Å². The molecule has 0 amide bonds. The Morgan fingerprint density at radius 2 is 1.86 bits per heavy atom. The first-order valence-corrected chi connectivity index (χ1v) is 7.75. The van der Waals surface area contributed by atoms with E-state index in [0.29, 0.717) is 18.9 Å². The summed E-state index contributed by atoms with van der Waals surface area (Å²) in [5.41, 5.74) is 2.82. The Bertz CT molecular complexity index is 661. The maximum absolute atomic E-state index is 12.2. The topological polar surface area (TPSA) is 38.3 Å². The zero-order chi connectivity index (χ0) is 15.5. The van der Waals surface area contributed by atoms with Crippen molar-refractivity contribution in [3.63, 3.8) is 0 Å². The molecule has 3 rings (SSSR count). The van der Waals surface area contributed by atoms with Crippen molar-refractivity contribution < 1.29 is 9.53 Å². The highest BCUT2D eigenvalue weighted by Crippen LogP contribution is 2.32. The fraction of sp³-hybridized carbons (Fsp3) is 0.316. The van der Waals surface area contributed by atoms with E-state index in [1.807, 2.05) is 48.5 Å². The number of benzene rings is 2. The van der Waals surface area contributed by atoms with Gasteiger partial charge in [0.2, 0.25) is 0 Å². The van der Waals surface area contributed by atoms with Crippen LogP contribution in [0.3, 0.4) is 0 Å². The lowest BCUT2D eigenvalue weighted by atomic mass is 9.92. The molecule has 1 aliphatic rings. The van der Waals surface area contributed by atoms with E-state index in [-0.39, 0.29) is 11.8 Å². The molecular formula is C19H21NO2. The number of para-hydroxylation sites is 1. The first kappa shape index (κ1) is 14.6. The minimum absolute atomic E-state index is 0.0292. The molecule has 0 bridgehead atoms. The smallest absolute Gasteiger partial charge is 0.167 e. The fourth-order valence-corrected chi connectivity index (χ4v) is 2.65. The van der Waals surface area contributed by atoms with Gasteiger partial charge < -0.3 is 10.1 Å². The van der Waals surface area contributed by atoms with Crippen molar-refractivity contribution in [1.82, 2.24) is 0 Å². The van der Waals surface area contributed by atoms with E-state index in [0.717, 1.165) is 22.6 Å². The van der Waals surface area contributed by atoms with E-state index in [9.17, 15) is 4.79 Å². The van der Waals surface area contributed by atoms with Crippen molar-refractivity contribution in [1.29, 1.82) is 0 Å². The van der Waals surface area contributed by atoms with Crippen molar-refractivity contribution >= 4 is 11.5 Å². The molecule has 2 aromatic carbocycles. The van der Waals surface area contributed by atoms with Crippen LogP contribution in [0.5, 0.6) is 5.75 Å². The number of carbonyl (C=O) groups excluding carboxylic acids is 1. The van der Waals surface area contributed by atoms with Crippen molar-refractivity contribution in [3.8, 4) is 5.75 Å². The number of ether oxygens (including phenoxy) is 1. The van der Waals surface area contributed by atoms with Gasteiger partial charge in [0.1, 0.15) is 5.75 Å². The number of fused-ring (bicyclic) bond motifs is 1. The predicted octanol–water partition coefficient (Wildman–Crippen LogP) is 4.46. The summed E-state index contributed by atoms with van der Waals surface area (Å²) in [5, 5.41) is 3.45. The van der Waals surface area contributed by atoms with Gasteiger partial charge in [-0.25, -0.2) is 0 Å². The molecule has 0 fully saturated rings. The van der Waals surface area contributed by atoms with Crippen LogP contribution in [0.1, 0.15) is 42.2 Å². The number of carbonyl (C=O) groups is 1. The molecule has 3 heteroatoms. The molecule has 1 unspecified atom stereocenters. The lowest BCUT2D eigenvalue weighted by Crippen LogP contribution is -2.22. The van der Waals surface area contributed by atoms with Crippen molar-refractivity contribution in [2.45, 2.75) is 26.3 Å². The number of rotatable bonds is 4. The Balaban J connectivity index is 1.74. The van der Waals surface area contributed by atoms with Crippen LogP contribution in [0.2, 0.25) is 0 Å². The molecule has 3 nitrogen and oxygen atoms in total. The van der Waals surface area contributed by atoms with Crippen LogP contribution in [0, 0.1) is 5.92 Å². The summed E-state index contributed by atoms with van der Waals surface area (Å²) in [7, 11) is 0. The molecule has 0 aromatic heterocycles. The summed E-state index contributed by atoms with van der Waals surface area (Å²) in [4.78, 5) is 12.2. The van der Waals surface area contributed by atoms with Crippen LogP contribution >= 0.6 is 0 Å². The largest absolute Gasteiger partial charge is 0.493 e. The maximum Gasteiger partial charge on any atom is 0.167 e. The number of hydrogen-bond acceptors (Lipinski definition) is 3. The Hall–Kier alpha value is -2.29. The predicted molar refractivity (Wildman–Crippen MR) is 88.5 cm³/mol. The van der Waals surface area contributed by atoms with E-state index in [1.165, 1.54) is 0 Å². The second kappa shape index (κ2) is 6.22. The number of anilines is 1. The quantitative estimate of drug-likeness (QED) is 0.905. The fourth-order valence-electron chi connectivity index (χ4n) is 2.65. The van der Waals surface area contributed by atoms with E-state index >= 15 is 0 Å². The Morgan fingerprint density at radius 3 is 2.59 bits per heavy atom. The zero-order valence-electron chi connectivity index (χ0n) is 13.0. The van der Waals surface area contributed by atoms with Gasteiger partial charge in [-0.2, -0.15) is 0 Å². The molecule has 114 valence electrons. The van der Waals surface area contributed by atoms with Gasteiger partial charge in [0.05, 0.1) is 12.6 Å². The normalized spacial score (nSPS) is 17.0. The van der Waals surface area contributed by atoms with Crippen LogP contribution in [-0.4, -0.2) is 12.4 Å². The minimum atomic E-state index is 0.0292. The molecule has 2 aromatic rings. The van der Waals surface area contributed by atoms with Crippen molar-refractivity contribution in [3.05, 3.63) is 59.7 Å². The molecule has 1 N–H and O–H groups in total. The molecule has 1 heterocycles. The molecule has 0 radical (unpaired) electrons. The first-order chi connectivity index (χ1) is 10.6. The van der Waals surface area contributed by atoms with Crippen LogP contribution in [0.15, 0.2) is 48.5 Å². The van der Waals surface area contributed by atoms with Gasteiger partial charge in [0.15, 0.2) is 5.78 Å². The van der Waals surface area contributed by atoms with E-state index in [1.54, 1.807) is 0 Å². The second-order valence-electron chi connectivity index (χ2n) is 6.14. The summed E-state index contributed by atoms with van der Waals surface area (Å²) in [5.74, 6) is 1.58. The SMILES string of the molecule is CC(C)COc1ccc(C2CC(=O)c3ccccc3N2)cc1. The summed E-state index contributed by atoms with van der Waals surface area (Å²) in [6, 6.07) is 15.7. The summed E-state index contributed by atoms with van der Waals surface area (Å²) in [6.45, 7) is 4.97. The summed E-state index contributed by atoms with van der Waals surface area (Å²) >= 11 is 0. The van der Waals surface area contributed by atoms with Gasteiger partial charge >= 0.3 is 0 Å². The molecular weight excluding hydrogens is 274 g/mol. The molecule has 0 aliphatic carbocycles. The standard InChI is InChI=1S/C19H21NO2/c1-13(2)12-22-15-9-7-14(8-10-15)18-11-19(21)16-5-3-4-6-17(16)20-18/h3-10,13,18,20H,11-12H2,1-2H3. The Kier molecular flexibility index (Phi) is 4.14. The lowest BCUT2D eigenvalue weighted by Gasteiger charge is -2.26. The van der Waals surface area contributed by atoms with Crippen LogP contribution in [-0.2, 0) is 0 Å². The molecule has 1 aliphatic heterocycles. The Morgan fingerprint density at radius 1 is 1.14 bits per heavy atom. The van der Waals surface area contributed by atoms with Gasteiger partial charge in [-0.1, -0.05) is 38.1 Å². The lowest BCUT2D eigenvalue weighted by molar-refractivity contribution is 0.0972. The highest BCUT2D eigenvalue weighted by atomic mass is 16.5. The second-order valence-corrected chi connectivity index (χ2v) is 6.14. The van der Waals surface area contributed by atoms with Gasteiger partial charge in [0, 0.05) is 17.7 Å². The zero-order valence-corrected chi connectivity index (χ0v) is 13.0. The molecule has 1 atom stereocenters. The van der Waals surface area contributed by atoms with E-state index in [2.05, 4.69) is 19.2 Å². The molecule has 22 heavy (non-hydrogen) atoms. The summed E-state index contributed by atoms with van der Waals surface area (Å²) in [6.07, 6.45) is 0.489. The average molecular weight is 295 g/mol. The molecule has 0 spiro atoms. The Labute approximate surface area is 131 Å².